The average molecular weight is 257 g/mol. The summed E-state index contributed by atoms with van der Waals surface area (Å²) in [5.74, 6) is -0.535. The van der Waals surface area contributed by atoms with Gasteiger partial charge in [-0.25, -0.2) is 8.78 Å². The van der Waals surface area contributed by atoms with Crippen molar-refractivity contribution in [2.75, 3.05) is 18.1 Å². The predicted octanol–water partition coefficient (Wildman–Crippen LogP) is 2.16. The smallest absolute Gasteiger partial charge is 0.186 e. The Labute approximate surface area is 103 Å². The van der Waals surface area contributed by atoms with Crippen LogP contribution in [0.5, 0.6) is 0 Å². The van der Waals surface area contributed by atoms with Crippen LogP contribution in [0.25, 0.3) is 0 Å². The summed E-state index contributed by atoms with van der Waals surface area (Å²) < 4.78 is 27.3. The molecule has 17 heavy (non-hydrogen) atoms. The molecule has 1 heterocycles. The highest BCUT2D eigenvalue weighted by Gasteiger charge is 2.27. The number of nitrogens with one attached hydrogen (secondary N) is 1. The van der Waals surface area contributed by atoms with Gasteiger partial charge in [-0.2, -0.15) is 11.8 Å². The summed E-state index contributed by atoms with van der Waals surface area (Å²) >= 11 is 1.61. The first-order chi connectivity index (χ1) is 8.11. The van der Waals surface area contributed by atoms with Gasteiger partial charge < -0.3 is 5.32 Å². The van der Waals surface area contributed by atoms with Crippen LogP contribution in [0.2, 0.25) is 0 Å². The van der Waals surface area contributed by atoms with Gasteiger partial charge in [0.25, 0.3) is 0 Å². The highest BCUT2D eigenvalue weighted by molar-refractivity contribution is 7.99. The molecule has 0 amide bonds. The Morgan fingerprint density at radius 1 is 1.47 bits per heavy atom. The number of rotatable bonds is 2. The number of halogens is 2. The molecule has 1 aromatic rings. The van der Waals surface area contributed by atoms with Crippen molar-refractivity contribution >= 4 is 17.5 Å². The van der Waals surface area contributed by atoms with Crippen molar-refractivity contribution in [1.82, 2.24) is 5.32 Å². The molecule has 0 spiro atoms. The van der Waals surface area contributed by atoms with Crippen LogP contribution in [0.15, 0.2) is 12.1 Å². The second kappa shape index (κ2) is 5.14. The van der Waals surface area contributed by atoms with Gasteiger partial charge in [0.2, 0.25) is 0 Å². The van der Waals surface area contributed by atoms with Gasteiger partial charge >= 0.3 is 0 Å². The quantitative estimate of drug-likeness (QED) is 0.823. The van der Waals surface area contributed by atoms with Crippen LogP contribution in [-0.4, -0.2) is 29.9 Å². The minimum atomic E-state index is -0.782. The lowest BCUT2D eigenvalue weighted by Crippen LogP contribution is -2.44. The van der Waals surface area contributed by atoms with Crippen LogP contribution in [0, 0.1) is 18.6 Å². The van der Waals surface area contributed by atoms with E-state index in [2.05, 4.69) is 5.32 Å². The zero-order valence-corrected chi connectivity index (χ0v) is 10.2. The molecule has 1 aromatic carbocycles. The van der Waals surface area contributed by atoms with E-state index in [0.29, 0.717) is 17.9 Å². The average Bonchev–Trinajstić information content (AvgIpc) is 2.35. The summed E-state index contributed by atoms with van der Waals surface area (Å²) in [6, 6.07) is 1.99. The molecule has 1 saturated heterocycles. The Balaban J connectivity index is 2.32. The lowest BCUT2D eigenvalue weighted by molar-refractivity contribution is 0.0944. The van der Waals surface area contributed by atoms with Gasteiger partial charge in [-0.1, -0.05) is 6.07 Å². The van der Waals surface area contributed by atoms with Crippen molar-refractivity contribution in [3.05, 3.63) is 34.9 Å². The highest BCUT2D eigenvalue weighted by atomic mass is 32.2. The van der Waals surface area contributed by atoms with Crippen molar-refractivity contribution in [1.29, 1.82) is 0 Å². The van der Waals surface area contributed by atoms with Crippen molar-refractivity contribution < 1.29 is 13.6 Å². The number of hydrogen-bond donors (Lipinski definition) is 1. The van der Waals surface area contributed by atoms with Gasteiger partial charge in [-0.3, -0.25) is 4.79 Å². The zero-order chi connectivity index (χ0) is 12.4. The Hall–Kier alpha value is -0.940. The van der Waals surface area contributed by atoms with Gasteiger partial charge in [-0.05, 0) is 18.6 Å². The summed E-state index contributed by atoms with van der Waals surface area (Å²) in [5, 5.41) is 2.99. The van der Waals surface area contributed by atoms with E-state index < -0.39 is 29.0 Å². The lowest BCUT2D eigenvalue weighted by atomic mass is 10.0. The maximum absolute atomic E-state index is 13.8. The molecule has 1 unspecified atom stereocenters. The van der Waals surface area contributed by atoms with E-state index in [0.717, 1.165) is 11.8 Å². The molecular formula is C12H13F2NOS. The Morgan fingerprint density at radius 3 is 2.88 bits per heavy atom. The molecule has 0 radical (unpaired) electrons. The normalized spacial score (nSPS) is 20.3. The molecule has 0 aliphatic carbocycles. The zero-order valence-electron chi connectivity index (χ0n) is 9.43. The van der Waals surface area contributed by atoms with Crippen molar-refractivity contribution in [2.24, 2.45) is 0 Å². The van der Waals surface area contributed by atoms with Gasteiger partial charge in [-0.15, -0.1) is 0 Å². The minimum Gasteiger partial charge on any atom is -0.306 e. The number of carbonyl (C=O) groups excluding carboxylic acids is 1. The van der Waals surface area contributed by atoms with E-state index in [4.69, 9.17) is 0 Å². The summed E-state index contributed by atoms with van der Waals surface area (Å²) in [5.41, 5.74) is -0.122. The second-order valence-corrected chi connectivity index (χ2v) is 5.15. The third kappa shape index (κ3) is 2.50. The first-order valence-corrected chi connectivity index (χ1v) is 6.56. The van der Waals surface area contributed by atoms with Crippen LogP contribution >= 0.6 is 11.8 Å². The number of aryl methyl sites for hydroxylation is 1. The molecule has 1 fully saturated rings. The molecule has 1 aliphatic heterocycles. The summed E-state index contributed by atoms with van der Waals surface area (Å²) in [6.45, 7) is 2.21. The molecule has 1 aliphatic rings. The maximum Gasteiger partial charge on any atom is 0.186 e. The topological polar surface area (TPSA) is 29.1 Å². The standard InChI is InChI=1S/C12H13F2NOS/c1-7-2-3-8(13)10(11(7)14)12(16)9-6-17-5-4-15-9/h2-3,9,15H,4-6H2,1H3. The van der Waals surface area contributed by atoms with E-state index in [9.17, 15) is 13.6 Å². The summed E-state index contributed by atoms with van der Waals surface area (Å²) in [4.78, 5) is 12.0. The Morgan fingerprint density at radius 2 is 2.24 bits per heavy atom. The molecule has 0 aromatic heterocycles. The third-order valence-electron chi connectivity index (χ3n) is 2.77. The van der Waals surface area contributed by atoms with Crippen LogP contribution in [0.1, 0.15) is 15.9 Å². The number of benzene rings is 1. The van der Waals surface area contributed by atoms with Crippen LogP contribution < -0.4 is 5.32 Å². The van der Waals surface area contributed by atoms with Gasteiger partial charge in [0.15, 0.2) is 5.78 Å². The van der Waals surface area contributed by atoms with Crippen LogP contribution in [-0.2, 0) is 0 Å². The molecule has 2 nitrogen and oxygen atoms in total. The summed E-state index contributed by atoms with van der Waals surface area (Å²) in [7, 11) is 0. The molecule has 2 rings (SSSR count). The van der Waals surface area contributed by atoms with Gasteiger partial charge in [0.05, 0.1) is 11.6 Å². The fourth-order valence-corrected chi connectivity index (χ4v) is 2.72. The van der Waals surface area contributed by atoms with E-state index in [1.165, 1.54) is 13.0 Å². The molecule has 0 bridgehead atoms. The first-order valence-electron chi connectivity index (χ1n) is 5.41. The Bertz CT molecular complexity index is 444. The van der Waals surface area contributed by atoms with Gasteiger partial charge in [0, 0.05) is 18.1 Å². The number of thioether (sulfide) groups is 1. The largest absolute Gasteiger partial charge is 0.306 e. The predicted molar refractivity (Wildman–Crippen MR) is 64.5 cm³/mol. The number of carbonyl (C=O) groups is 1. The van der Waals surface area contributed by atoms with E-state index in [1.54, 1.807) is 11.8 Å². The molecular weight excluding hydrogens is 244 g/mol. The Kier molecular flexibility index (Phi) is 3.79. The first kappa shape index (κ1) is 12.5. The molecule has 5 heteroatoms. The molecule has 1 N–H and O–H groups in total. The maximum atomic E-state index is 13.8. The van der Waals surface area contributed by atoms with Crippen molar-refractivity contribution in [2.45, 2.75) is 13.0 Å². The lowest BCUT2D eigenvalue weighted by Gasteiger charge is -2.22. The number of ketones is 1. The second-order valence-electron chi connectivity index (χ2n) is 4.00. The van der Waals surface area contributed by atoms with Crippen molar-refractivity contribution in [3.8, 4) is 0 Å². The highest BCUT2D eigenvalue weighted by Crippen LogP contribution is 2.20. The van der Waals surface area contributed by atoms with Crippen LogP contribution in [0.4, 0.5) is 8.78 Å². The third-order valence-corrected chi connectivity index (χ3v) is 3.83. The van der Waals surface area contributed by atoms with E-state index >= 15 is 0 Å². The number of hydrogen-bond acceptors (Lipinski definition) is 3. The molecule has 1 atom stereocenters. The SMILES string of the molecule is Cc1ccc(F)c(C(=O)C2CSCCN2)c1F. The fourth-order valence-electron chi connectivity index (χ4n) is 1.79. The minimum absolute atomic E-state index is 0.290. The van der Waals surface area contributed by atoms with Crippen LogP contribution in [0.3, 0.4) is 0 Å². The fraction of sp³-hybridized carbons (Fsp3) is 0.417. The van der Waals surface area contributed by atoms with Gasteiger partial charge in [0.1, 0.15) is 11.6 Å². The number of Topliss-reactive ketones (excluding diaryl/α,β-unsaturated/α-hetero) is 1. The van der Waals surface area contributed by atoms with E-state index in [-0.39, 0.29) is 0 Å². The molecule has 0 saturated carbocycles. The summed E-state index contributed by atoms with van der Waals surface area (Å²) in [6.07, 6.45) is 0. The van der Waals surface area contributed by atoms with E-state index in [1.807, 2.05) is 0 Å². The van der Waals surface area contributed by atoms with Crippen molar-refractivity contribution in [3.63, 3.8) is 0 Å². The monoisotopic (exact) mass is 257 g/mol. The molecule has 92 valence electrons.